The molecule has 4 heterocycles. The first-order chi connectivity index (χ1) is 21.8. The van der Waals surface area contributed by atoms with Gasteiger partial charge in [0.1, 0.15) is 22.2 Å². The number of aromatic amines is 1. The van der Waals surface area contributed by atoms with Crippen molar-refractivity contribution in [2.45, 2.75) is 12.3 Å². The molecule has 0 aliphatic carbocycles. The number of amides is 1. The molecule has 1 amide bonds. The molecule has 13 heteroatoms. The van der Waals surface area contributed by atoms with Crippen molar-refractivity contribution in [3.63, 3.8) is 0 Å². The molecule has 3 aromatic heterocycles. The van der Waals surface area contributed by atoms with Gasteiger partial charge in [-0.1, -0.05) is 42.5 Å². The number of hydrogen-bond acceptors (Lipinski definition) is 5. The number of carbonyl (C=O) groups excluding carboxylic acids is 1. The summed E-state index contributed by atoms with van der Waals surface area (Å²) in [4.78, 5) is 37.4. The topological polar surface area (TPSA) is 127 Å². The average Bonchev–Trinajstić information content (AvgIpc) is 3.81. The van der Waals surface area contributed by atoms with E-state index in [0.29, 0.717) is 55.6 Å². The number of H-pyrrole nitrogens is 1. The third-order valence-electron chi connectivity index (χ3n) is 7.44. The van der Waals surface area contributed by atoms with Crippen molar-refractivity contribution in [1.82, 2.24) is 29.4 Å². The Bertz CT molecular complexity index is 2090. The zero-order valence-corrected chi connectivity index (χ0v) is 24.6. The maximum atomic E-state index is 14.2. The number of nitrogens with one attached hydrogen (secondary N) is 2. The maximum Gasteiger partial charge on any atom is 0.405 e. The fraction of sp³-hybridized carbons (Fsp3) is 0.0625. The Hall–Kier alpha value is -5.56. The second-order valence-electron chi connectivity index (χ2n) is 10.2. The minimum atomic E-state index is -1.33. The van der Waals surface area contributed by atoms with E-state index in [-0.39, 0.29) is 0 Å². The minimum absolute atomic E-state index is 0.378. The van der Waals surface area contributed by atoms with E-state index in [2.05, 4.69) is 36.2 Å². The smallest absolute Gasteiger partial charge is 0.405 e. The van der Waals surface area contributed by atoms with Crippen molar-refractivity contribution in [3.05, 3.63) is 125 Å². The molecule has 6 aromatic rings. The highest BCUT2D eigenvalue weighted by molar-refractivity contribution is 9.10. The summed E-state index contributed by atoms with van der Waals surface area (Å²) in [6.07, 6.45) is 2.61. The van der Waals surface area contributed by atoms with Crippen LogP contribution in [0.5, 0.6) is 5.75 Å². The van der Waals surface area contributed by atoms with E-state index < -0.39 is 35.9 Å². The Kier molecular flexibility index (Phi) is 7.01. The average molecular weight is 671 g/mol. The molecule has 7 rings (SSSR count). The van der Waals surface area contributed by atoms with E-state index >= 15 is 0 Å². The normalized spacial score (nSPS) is 14.2. The molecular weight excluding hydrogens is 650 g/mol. The van der Waals surface area contributed by atoms with Gasteiger partial charge in [-0.2, -0.15) is 0 Å². The molecule has 0 saturated carbocycles. The molecule has 3 aromatic carbocycles. The zero-order valence-electron chi connectivity index (χ0n) is 23.0. The van der Waals surface area contributed by atoms with Crippen LogP contribution in [0.3, 0.4) is 0 Å². The number of halogens is 3. The van der Waals surface area contributed by atoms with Crippen molar-refractivity contribution >= 4 is 27.9 Å². The molecule has 0 fully saturated rings. The summed E-state index contributed by atoms with van der Waals surface area (Å²) in [7, 11) is 0. The number of nitrogens with zero attached hydrogens (tertiary/aromatic N) is 4. The van der Waals surface area contributed by atoms with Gasteiger partial charge in [0, 0.05) is 17.3 Å². The molecule has 45 heavy (non-hydrogen) atoms. The number of carboxylic acid groups (broad SMARTS) is 1. The van der Waals surface area contributed by atoms with E-state index in [1.54, 1.807) is 71.7 Å². The number of hydrogen-bond donors (Lipinski definition) is 3. The van der Waals surface area contributed by atoms with Crippen LogP contribution in [-0.4, -0.2) is 41.2 Å². The van der Waals surface area contributed by atoms with Crippen LogP contribution in [-0.2, 0) is 0 Å². The van der Waals surface area contributed by atoms with Gasteiger partial charge in [0.25, 0.3) is 5.91 Å². The van der Waals surface area contributed by atoms with Crippen LogP contribution in [0.15, 0.2) is 102 Å². The van der Waals surface area contributed by atoms with Gasteiger partial charge in [0.05, 0.1) is 29.3 Å². The summed E-state index contributed by atoms with van der Waals surface area (Å²) >= 11 is 3.48. The molecule has 0 spiro atoms. The van der Waals surface area contributed by atoms with Gasteiger partial charge in [-0.25, -0.2) is 23.5 Å². The Morgan fingerprint density at radius 3 is 2.58 bits per heavy atom. The van der Waals surface area contributed by atoms with Crippen molar-refractivity contribution in [3.8, 4) is 39.9 Å². The summed E-state index contributed by atoms with van der Waals surface area (Å²) in [5.41, 5.74) is 3.33. The van der Waals surface area contributed by atoms with E-state index in [0.717, 1.165) is 12.1 Å². The van der Waals surface area contributed by atoms with E-state index in [1.807, 2.05) is 12.1 Å². The first-order valence-corrected chi connectivity index (χ1v) is 14.4. The molecule has 0 radical (unpaired) electrons. The number of fused-ring (bicyclic) bond motifs is 3. The lowest BCUT2D eigenvalue weighted by Gasteiger charge is -2.29. The second-order valence-corrected chi connectivity index (χ2v) is 11.0. The van der Waals surface area contributed by atoms with Crippen LogP contribution in [0, 0.1) is 11.6 Å². The molecule has 1 aliphatic rings. The second kappa shape index (κ2) is 11.2. The van der Waals surface area contributed by atoms with Crippen molar-refractivity contribution in [2.75, 3.05) is 0 Å². The monoisotopic (exact) mass is 670 g/mol. The fourth-order valence-electron chi connectivity index (χ4n) is 5.35. The SMILES string of the molecule is O=C(O)N[C@H](C(=O)n1cccc1-c1ncc(-c2ccc3c(c2)O[C@@H](c2ccc(F)c(F)c2)n2c(Br)cnc2-3)[nH]1)c1ccccc1. The number of rotatable bonds is 6. The summed E-state index contributed by atoms with van der Waals surface area (Å²) < 4.78 is 37.9. The summed E-state index contributed by atoms with van der Waals surface area (Å²) in [5.74, 6) is -1.03. The van der Waals surface area contributed by atoms with Crippen LogP contribution in [0.2, 0.25) is 0 Å². The predicted molar refractivity (Wildman–Crippen MR) is 162 cm³/mol. The number of imidazole rings is 2. The molecular formula is C32H21BrF2N6O4. The zero-order chi connectivity index (χ0) is 31.2. The standard InChI is InChI=1S/C32H21BrF2N6O4/c33-26-16-37-29-20-10-8-18(14-25(20)45-31(41(26)29)19-9-11-21(34)22(35)13-19)23-15-36-28(38-23)24-7-4-12-40(24)30(42)27(39-32(43)44)17-5-2-1-3-6-17/h1-16,27,31,39H,(H,36,38)(H,43,44)/t27-,31-/m0/s1. The lowest BCUT2D eigenvalue weighted by atomic mass is 10.1. The van der Waals surface area contributed by atoms with E-state index in [1.165, 1.54) is 10.6 Å². The molecule has 0 unspecified atom stereocenters. The Morgan fingerprint density at radius 1 is 0.978 bits per heavy atom. The van der Waals surface area contributed by atoms with Gasteiger partial charge in [0.15, 0.2) is 17.5 Å². The summed E-state index contributed by atoms with van der Waals surface area (Å²) in [6.45, 7) is 0. The van der Waals surface area contributed by atoms with Crippen LogP contribution >= 0.6 is 15.9 Å². The summed E-state index contributed by atoms with van der Waals surface area (Å²) in [6, 6.07) is 19.9. The minimum Gasteiger partial charge on any atom is -0.465 e. The highest BCUT2D eigenvalue weighted by Gasteiger charge is 2.31. The Balaban J connectivity index is 1.22. The largest absolute Gasteiger partial charge is 0.465 e. The fourth-order valence-corrected chi connectivity index (χ4v) is 5.81. The molecule has 224 valence electrons. The molecule has 3 N–H and O–H groups in total. The quantitative estimate of drug-likeness (QED) is 0.174. The lowest BCUT2D eigenvalue weighted by Crippen LogP contribution is -2.35. The number of ether oxygens (including phenoxy) is 1. The molecule has 10 nitrogen and oxygen atoms in total. The molecule has 0 saturated heterocycles. The highest BCUT2D eigenvalue weighted by atomic mass is 79.9. The van der Waals surface area contributed by atoms with Crippen LogP contribution in [0.1, 0.15) is 28.2 Å². The van der Waals surface area contributed by atoms with E-state index in [4.69, 9.17) is 4.74 Å². The van der Waals surface area contributed by atoms with Gasteiger partial charge in [-0.05, 0) is 57.9 Å². The van der Waals surface area contributed by atoms with Crippen molar-refractivity contribution in [1.29, 1.82) is 0 Å². The number of carbonyl (C=O) groups is 2. The Morgan fingerprint density at radius 2 is 1.80 bits per heavy atom. The molecule has 1 aliphatic heterocycles. The third-order valence-corrected chi connectivity index (χ3v) is 8.03. The number of aromatic nitrogens is 5. The van der Waals surface area contributed by atoms with Crippen LogP contribution in [0.4, 0.5) is 13.6 Å². The van der Waals surface area contributed by atoms with Gasteiger partial charge in [0.2, 0.25) is 6.23 Å². The summed E-state index contributed by atoms with van der Waals surface area (Å²) in [5, 5.41) is 11.7. The number of benzene rings is 3. The first kappa shape index (κ1) is 28.2. The van der Waals surface area contributed by atoms with Gasteiger partial charge in [-0.15, -0.1) is 0 Å². The first-order valence-electron chi connectivity index (χ1n) is 13.6. The van der Waals surface area contributed by atoms with Crippen LogP contribution in [0.25, 0.3) is 34.2 Å². The van der Waals surface area contributed by atoms with Gasteiger partial charge >= 0.3 is 6.09 Å². The lowest BCUT2D eigenvalue weighted by molar-refractivity contribution is 0.0856. The molecule has 2 atom stereocenters. The van der Waals surface area contributed by atoms with Crippen molar-refractivity contribution < 1.29 is 28.2 Å². The van der Waals surface area contributed by atoms with Crippen LogP contribution < -0.4 is 10.1 Å². The highest BCUT2D eigenvalue weighted by Crippen LogP contribution is 2.43. The van der Waals surface area contributed by atoms with Gasteiger partial charge in [-0.3, -0.25) is 13.9 Å². The van der Waals surface area contributed by atoms with Gasteiger partial charge < -0.3 is 20.1 Å². The Labute approximate surface area is 262 Å². The van der Waals surface area contributed by atoms with E-state index in [9.17, 15) is 23.5 Å². The third kappa shape index (κ3) is 5.06. The maximum absolute atomic E-state index is 14.2. The van der Waals surface area contributed by atoms with Crippen molar-refractivity contribution in [2.24, 2.45) is 0 Å². The predicted octanol–water partition coefficient (Wildman–Crippen LogP) is 7.04. The molecule has 0 bridgehead atoms.